The van der Waals surface area contributed by atoms with Gasteiger partial charge in [-0.05, 0) is 49.6 Å². The molecule has 6 heteroatoms. The Morgan fingerprint density at radius 3 is 2.42 bits per heavy atom. The molecular formula is C25H27NO5. The molecule has 0 saturated carbocycles. The number of carbonyl (C=O) groups is 2. The Balaban J connectivity index is 1.89. The van der Waals surface area contributed by atoms with Crippen molar-refractivity contribution in [2.24, 2.45) is 0 Å². The van der Waals surface area contributed by atoms with Crippen LogP contribution in [0, 0.1) is 0 Å². The molecule has 1 aliphatic heterocycles. The van der Waals surface area contributed by atoms with Gasteiger partial charge in [0.15, 0.2) is 11.5 Å². The number of ether oxygens (including phenoxy) is 1. The van der Waals surface area contributed by atoms with Crippen LogP contribution in [0.2, 0.25) is 0 Å². The first-order valence-corrected chi connectivity index (χ1v) is 10.3. The highest BCUT2D eigenvalue weighted by Gasteiger charge is 2.42. The third kappa shape index (κ3) is 5.41. The minimum Gasteiger partial charge on any atom is -0.508 e. The number of hydrogen-bond acceptors (Lipinski definition) is 5. The topological polar surface area (TPSA) is 87.1 Å². The predicted octanol–water partition coefficient (Wildman–Crippen LogP) is 4.19. The lowest BCUT2D eigenvalue weighted by molar-refractivity contribution is -0.129. The first-order chi connectivity index (χ1) is 14.9. The SMILES string of the molecule is CC(C)OCCCN1C(=O)C(O)=C(C(=O)/C=C/c2ccccc2)[C@@H]1c1ccc(O)cc1. The van der Waals surface area contributed by atoms with E-state index in [1.807, 2.05) is 44.2 Å². The predicted molar refractivity (Wildman–Crippen MR) is 118 cm³/mol. The van der Waals surface area contributed by atoms with Gasteiger partial charge in [-0.15, -0.1) is 0 Å². The number of phenols is 1. The van der Waals surface area contributed by atoms with Crippen molar-refractivity contribution in [2.75, 3.05) is 13.2 Å². The highest BCUT2D eigenvalue weighted by molar-refractivity contribution is 6.14. The molecule has 2 aromatic carbocycles. The minimum absolute atomic E-state index is 0.0349. The molecule has 6 nitrogen and oxygen atoms in total. The molecule has 0 fully saturated rings. The fraction of sp³-hybridized carbons (Fsp3) is 0.280. The second-order valence-corrected chi connectivity index (χ2v) is 7.64. The fourth-order valence-corrected chi connectivity index (χ4v) is 3.52. The molecule has 1 atom stereocenters. The maximum absolute atomic E-state index is 13.0. The number of phenolic OH excluding ortho intramolecular Hbond substituents is 1. The minimum atomic E-state index is -0.736. The summed E-state index contributed by atoms with van der Waals surface area (Å²) >= 11 is 0. The molecule has 2 aromatic rings. The zero-order valence-electron chi connectivity index (χ0n) is 17.7. The van der Waals surface area contributed by atoms with Gasteiger partial charge in [-0.1, -0.05) is 48.5 Å². The average molecular weight is 421 g/mol. The molecule has 0 saturated heterocycles. The molecule has 0 aromatic heterocycles. The maximum atomic E-state index is 13.0. The van der Waals surface area contributed by atoms with Crippen LogP contribution in [-0.4, -0.2) is 46.1 Å². The van der Waals surface area contributed by atoms with Gasteiger partial charge in [0.05, 0.1) is 17.7 Å². The molecule has 3 rings (SSSR count). The Morgan fingerprint density at radius 1 is 1.10 bits per heavy atom. The number of aromatic hydroxyl groups is 1. The van der Waals surface area contributed by atoms with E-state index in [0.717, 1.165) is 5.56 Å². The van der Waals surface area contributed by atoms with Crippen molar-refractivity contribution >= 4 is 17.8 Å². The number of rotatable bonds is 9. The second kappa shape index (κ2) is 10.1. The van der Waals surface area contributed by atoms with Crippen molar-refractivity contribution in [2.45, 2.75) is 32.4 Å². The van der Waals surface area contributed by atoms with Gasteiger partial charge in [0.2, 0.25) is 0 Å². The van der Waals surface area contributed by atoms with Crippen LogP contribution in [0.4, 0.5) is 0 Å². The third-order valence-corrected chi connectivity index (χ3v) is 5.00. The van der Waals surface area contributed by atoms with Crippen molar-refractivity contribution < 1.29 is 24.5 Å². The molecule has 0 bridgehead atoms. The molecule has 1 heterocycles. The molecular weight excluding hydrogens is 394 g/mol. The molecule has 162 valence electrons. The zero-order valence-corrected chi connectivity index (χ0v) is 17.7. The molecule has 1 amide bonds. The molecule has 2 N–H and O–H groups in total. The highest BCUT2D eigenvalue weighted by atomic mass is 16.5. The van der Waals surface area contributed by atoms with E-state index in [1.54, 1.807) is 18.2 Å². The third-order valence-electron chi connectivity index (χ3n) is 5.00. The van der Waals surface area contributed by atoms with Crippen LogP contribution >= 0.6 is 0 Å². The fourth-order valence-electron chi connectivity index (χ4n) is 3.52. The normalized spacial score (nSPS) is 16.7. The lowest BCUT2D eigenvalue weighted by atomic mass is 9.95. The van der Waals surface area contributed by atoms with Gasteiger partial charge in [-0.25, -0.2) is 0 Å². The first kappa shape index (κ1) is 22.3. The quantitative estimate of drug-likeness (QED) is 0.468. The van der Waals surface area contributed by atoms with Crippen LogP contribution in [0.25, 0.3) is 6.08 Å². The van der Waals surface area contributed by atoms with Crippen LogP contribution in [0.15, 0.2) is 72.0 Å². The number of allylic oxidation sites excluding steroid dienone is 1. The summed E-state index contributed by atoms with van der Waals surface area (Å²) in [6, 6.07) is 14.9. The van der Waals surface area contributed by atoms with Crippen molar-refractivity contribution in [3.8, 4) is 5.75 Å². The van der Waals surface area contributed by atoms with E-state index in [1.165, 1.54) is 23.1 Å². The number of amides is 1. The Bertz CT molecular complexity index is 977. The molecule has 31 heavy (non-hydrogen) atoms. The van der Waals surface area contributed by atoms with E-state index in [4.69, 9.17) is 4.74 Å². The van der Waals surface area contributed by atoms with Gasteiger partial charge in [-0.2, -0.15) is 0 Å². The Morgan fingerprint density at radius 2 is 1.77 bits per heavy atom. The van der Waals surface area contributed by atoms with Gasteiger partial charge in [0.1, 0.15) is 5.75 Å². The summed E-state index contributed by atoms with van der Waals surface area (Å²) in [6.07, 6.45) is 3.66. The number of carbonyl (C=O) groups excluding carboxylic acids is 2. The standard InChI is InChI=1S/C25H27NO5/c1-17(2)31-16-6-15-26-23(19-10-12-20(27)13-11-19)22(24(29)25(26)30)21(28)14-9-18-7-4-3-5-8-18/h3-5,7-14,17,23,27,29H,6,15-16H2,1-2H3/b14-9+/t23-/m0/s1. The lowest BCUT2D eigenvalue weighted by Crippen LogP contribution is -2.32. The lowest BCUT2D eigenvalue weighted by Gasteiger charge is -2.26. The first-order valence-electron chi connectivity index (χ1n) is 10.3. The monoisotopic (exact) mass is 421 g/mol. The van der Waals surface area contributed by atoms with Crippen LogP contribution in [0.1, 0.15) is 37.4 Å². The summed E-state index contributed by atoms with van der Waals surface area (Å²) in [6.45, 7) is 4.65. The van der Waals surface area contributed by atoms with Crippen molar-refractivity contribution in [3.63, 3.8) is 0 Å². The Kier molecular flexibility index (Phi) is 7.26. The van der Waals surface area contributed by atoms with E-state index >= 15 is 0 Å². The van der Waals surface area contributed by atoms with Gasteiger partial charge in [0, 0.05) is 13.2 Å². The van der Waals surface area contributed by atoms with E-state index in [-0.39, 0.29) is 17.4 Å². The van der Waals surface area contributed by atoms with Gasteiger partial charge in [0.25, 0.3) is 5.91 Å². The van der Waals surface area contributed by atoms with Crippen molar-refractivity contribution in [1.29, 1.82) is 0 Å². The molecule has 0 spiro atoms. The summed E-state index contributed by atoms with van der Waals surface area (Å²) < 4.78 is 5.56. The summed E-state index contributed by atoms with van der Waals surface area (Å²) in [5, 5.41) is 20.2. The summed E-state index contributed by atoms with van der Waals surface area (Å²) in [5.41, 5.74) is 1.51. The Hall–Kier alpha value is -3.38. The summed E-state index contributed by atoms with van der Waals surface area (Å²) in [5.74, 6) is -1.48. The van der Waals surface area contributed by atoms with E-state index in [2.05, 4.69) is 0 Å². The number of aliphatic hydroxyl groups is 1. The molecule has 1 aliphatic rings. The van der Waals surface area contributed by atoms with E-state index < -0.39 is 23.5 Å². The second-order valence-electron chi connectivity index (χ2n) is 7.64. The summed E-state index contributed by atoms with van der Waals surface area (Å²) in [4.78, 5) is 27.3. The molecule has 0 aliphatic carbocycles. The van der Waals surface area contributed by atoms with Gasteiger partial charge in [-0.3, -0.25) is 9.59 Å². The smallest absolute Gasteiger partial charge is 0.290 e. The molecule has 0 unspecified atom stereocenters. The maximum Gasteiger partial charge on any atom is 0.290 e. The van der Waals surface area contributed by atoms with Gasteiger partial charge < -0.3 is 19.8 Å². The highest BCUT2D eigenvalue weighted by Crippen LogP contribution is 2.38. The van der Waals surface area contributed by atoms with E-state index in [9.17, 15) is 19.8 Å². The number of nitrogens with zero attached hydrogens (tertiary/aromatic N) is 1. The number of ketones is 1. The van der Waals surface area contributed by atoms with Crippen LogP contribution in [0.3, 0.4) is 0 Å². The van der Waals surface area contributed by atoms with E-state index in [0.29, 0.717) is 25.1 Å². The van der Waals surface area contributed by atoms with Crippen molar-refractivity contribution in [3.05, 3.63) is 83.1 Å². The largest absolute Gasteiger partial charge is 0.508 e. The van der Waals surface area contributed by atoms with Crippen molar-refractivity contribution in [1.82, 2.24) is 4.90 Å². The number of hydrogen-bond donors (Lipinski definition) is 2. The van der Waals surface area contributed by atoms with Crippen LogP contribution in [0.5, 0.6) is 5.75 Å². The Labute approximate surface area is 182 Å². The number of aliphatic hydroxyl groups excluding tert-OH is 1. The summed E-state index contributed by atoms with van der Waals surface area (Å²) in [7, 11) is 0. The average Bonchev–Trinajstić information content (AvgIpc) is 3.01. The molecule has 0 radical (unpaired) electrons. The zero-order chi connectivity index (χ0) is 22.4. The van der Waals surface area contributed by atoms with Crippen LogP contribution < -0.4 is 0 Å². The number of benzene rings is 2. The van der Waals surface area contributed by atoms with Gasteiger partial charge >= 0.3 is 0 Å². The van der Waals surface area contributed by atoms with Crippen LogP contribution in [-0.2, 0) is 14.3 Å².